The Balaban J connectivity index is 3.70. The van der Waals surface area contributed by atoms with Crippen LogP contribution < -0.4 is 10.6 Å². The molecule has 90 valence electrons. The average Bonchev–Trinajstić information content (AvgIpc) is 2.16. The van der Waals surface area contributed by atoms with E-state index in [-0.39, 0.29) is 18.6 Å². The van der Waals surface area contributed by atoms with Crippen molar-refractivity contribution in [2.45, 2.75) is 39.2 Å². The number of nitrogens with one attached hydrogen (secondary N) is 2. The summed E-state index contributed by atoms with van der Waals surface area (Å²) >= 11 is 0. The minimum absolute atomic E-state index is 0.0238. The van der Waals surface area contributed by atoms with Crippen LogP contribution in [0, 0.1) is 5.92 Å². The lowest BCUT2D eigenvalue weighted by Crippen LogP contribution is -2.38. The molecule has 0 saturated heterocycles. The number of aliphatic hydroxyl groups excluding tert-OH is 1. The van der Waals surface area contributed by atoms with Crippen LogP contribution in [0.2, 0.25) is 0 Å². The quantitative estimate of drug-likeness (QED) is 0.518. The smallest absolute Gasteiger partial charge is 0.220 e. The average molecular weight is 216 g/mol. The fraction of sp³-hybridized carbons (Fsp3) is 0.909. The van der Waals surface area contributed by atoms with Crippen molar-refractivity contribution >= 4 is 5.91 Å². The fourth-order valence-electron chi connectivity index (χ4n) is 1.47. The van der Waals surface area contributed by atoms with E-state index in [9.17, 15) is 4.79 Å². The van der Waals surface area contributed by atoms with E-state index in [0.29, 0.717) is 12.3 Å². The number of amides is 1. The molecule has 0 fully saturated rings. The molecule has 0 aromatic heterocycles. The van der Waals surface area contributed by atoms with E-state index < -0.39 is 0 Å². The molecule has 0 bridgehead atoms. The Morgan fingerprint density at radius 1 is 1.40 bits per heavy atom. The van der Waals surface area contributed by atoms with Crippen LogP contribution in [0.4, 0.5) is 0 Å². The van der Waals surface area contributed by atoms with Crippen molar-refractivity contribution < 1.29 is 9.90 Å². The highest BCUT2D eigenvalue weighted by Gasteiger charge is 2.12. The molecule has 4 nitrogen and oxygen atoms in total. The standard InChI is InChI=1S/C11H24N2O2/c1-9(2)7-10(8-14)13-11(15)5-4-6-12-3/h9-10,12,14H,4-8H2,1-3H3,(H,13,15). The highest BCUT2D eigenvalue weighted by Crippen LogP contribution is 2.04. The lowest BCUT2D eigenvalue weighted by atomic mass is 10.0. The van der Waals surface area contributed by atoms with E-state index >= 15 is 0 Å². The highest BCUT2D eigenvalue weighted by molar-refractivity contribution is 5.76. The van der Waals surface area contributed by atoms with Gasteiger partial charge in [-0.25, -0.2) is 0 Å². The van der Waals surface area contributed by atoms with Crippen molar-refractivity contribution in [1.82, 2.24) is 10.6 Å². The van der Waals surface area contributed by atoms with Crippen molar-refractivity contribution in [1.29, 1.82) is 0 Å². The third kappa shape index (κ3) is 8.39. The second-order valence-corrected chi connectivity index (χ2v) is 4.28. The third-order valence-electron chi connectivity index (χ3n) is 2.17. The largest absolute Gasteiger partial charge is 0.394 e. The van der Waals surface area contributed by atoms with Crippen LogP contribution in [-0.4, -0.2) is 37.3 Å². The maximum absolute atomic E-state index is 11.4. The predicted octanol–water partition coefficient (Wildman–Crippen LogP) is 0.509. The molecule has 4 heteroatoms. The molecule has 0 aliphatic carbocycles. The van der Waals surface area contributed by atoms with Crippen LogP contribution in [-0.2, 0) is 4.79 Å². The molecule has 0 saturated carbocycles. The summed E-state index contributed by atoms with van der Waals surface area (Å²) in [5.74, 6) is 0.518. The molecule has 0 aromatic rings. The van der Waals surface area contributed by atoms with Crippen LogP contribution in [0.5, 0.6) is 0 Å². The number of aliphatic hydroxyl groups is 1. The Labute approximate surface area is 92.4 Å². The summed E-state index contributed by atoms with van der Waals surface area (Å²) in [6.07, 6.45) is 2.19. The summed E-state index contributed by atoms with van der Waals surface area (Å²) in [7, 11) is 1.87. The first-order chi connectivity index (χ1) is 7.10. The monoisotopic (exact) mass is 216 g/mol. The molecule has 1 amide bonds. The highest BCUT2D eigenvalue weighted by atomic mass is 16.3. The first-order valence-electron chi connectivity index (χ1n) is 5.65. The van der Waals surface area contributed by atoms with Gasteiger partial charge in [0.25, 0.3) is 0 Å². The molecular weight excluding hydrogens is 192 g/mol. The zero-order valence-electron chi connectivity index (χ0n) is 10.0. The molecule has 0 heterocycles. The van der Waals surface area contributed by atoms with Gasteiger partial charge in [0.15, 0.2) is 0 Å². The van der Waals surface area contributed by atoms with Crippen LogP contribution in [0.15, 0.2) is 0 Å². The van der Waals surface area contributed by atoms with Gasteiger partial charge in [-0.05, 0) is 32.4 Å². The van der Waals surface area contributed by atoms with Crippen molar-refractivity contribution in [3.63, 3.8) is 0 Å². The Bertz CT molecular complexity index is 172. The van der Waals surface area contributed by atoms with E-state index in [1.165, 1.54) is 0 Å². The van der Waals surface area contributed by atoms with E-state index in [0.717, 1.165) is 19.4 Å². The van der Waals surface area contributed by atoms with Gasteiger partial charge in [0.2, 0.25) is 5.91 Å². The van der Waals surface area contributed by atoms with Gasteiger partial charge in [-0.2, -0.15) is 0 Å². The summed E-state index contributed by atoms with van der Waals surface area (Å²) in [6.45, 7) is 5.03. The van der Waals surface area contributed by atoms with Gasteiger partial charge in [-0.15, -0.1) is 0 Å². The maximum Gasteiger partial charge on any atom is 0.220 e. The van der Waals surface area contributed by atoms with Gasteiger partial charge in [0.05, 0.1) is 12.6 Å². The lowest BCUT2D eigenvalue weighted by Gasteiger charge is -2.18. The van der Waals surface area contributed by atoms with Crippen molar-refractivity contribution in [2.24, 2.45) is 5.92 Å². The van der Waals surface area contributed by atoms with E-state index in [2.05, 4.69) is 24.5 Å². The first-order valence-corrected chi connectivity index (χ1v) is 5.65. The summed E-state index contributed by atoms with van der Waals surface area (Å²) in [5, 5.41) is 14.9. The summed E-state index contributed by atoms with van der Waals surface area (Å²) in [4.78, 5) is 11.4. The fourth-order valence-corrected chi connectivity index (χ4v) is 1.47. The van der Waals surface area contributed by atoms with Crippen LogP contribution >= 0.6 is 0 Å². The molecule has 0 aliphatic heterocycles. The van der Waals surface area contributed by atoms with Gasteiger partial charge < -0.3 is 15.7 Å². The zero-order valence-corrected chi connectivity index (χ0v) is 10.0. The molecule has 0 aliphatic rings. The van der Waals surface area contributed by atoms with Crippen LogP contribution in [0.3, 0.4) is 0 Å². The van der Waals surface area contributed by atoms with E-state index in [4.69, 9.17) is 5.11 Å². The molecule has 1 atom stereocenters. The Hall–Kier alpha value is -0.610. The molecule has 3 N–H and O–H groups in total. The predicted molar refractivity (Wildman–Crippen MR) is 61.6 cm³/mol. The van der Waals surface area contributed by atoms with Gasteiger partial charge in [0, 0.05) is 6.42 Å². The molecule has 0 spiro atoms. The topological polar surface area (TPSA) is 61.4 Å². The molecule has 0 rings (SSSR count). The molecule has 0 radical (unpaired) electrons. The number of carbonyl (C=O) groups is 1. The molecule has 0 aromatic carbocycles. The second kappa shape index (κ2) is 8.68. The summed E-state index contributed by atoms with van der Waals surface area (Å²) < 4.78 is 0. The van der Waals surface area contributed by atoms with Gasteiger partial charge in [0.1, 0.15) is 0 Å². The number of carbonyl (C=O) groups excluding carboxylic acids is 1. The summed E-state index contributed by atoms with van der Waals surface area (Å²) in [6, 6.07) is -0.0907. The van der Waals surface area contributed by atoms with Crippen molar-refractivity contribution in [3.05, 3.63) is 0 Å². The van der Waals surface area contributed by atoms with Crippen molar-refractivity contribution in [2.75, 3.05) is 20.2 Å². The van der Waals surface area contributed by atoms with E-state index in [1.807, 2.05) is 7.05 Å². The van der Waals surface area contributed by atoms with Gasteiger partial charge in [-0.1, -0.05) is 13.8 Å². The normalized spacial score (nSPS) is 12.9. The SMILES string of the molecule is CNCCCC(=O)NC(CO)CC(C)C. The first kappa shape index (κ1) is 14.4. The van der Waals surface area contributed by atoms with Gasteiger partial charge >= 0.3 is 0 Å². The molecular formula is C11H24N2O2. The third-order valence-corrected chi connectivity index (χ3v) is 2.17. The minimum Gasteiger partial charge on any atom is -0.394 e. The number of hydrogen-bond acceptors (Lipinski definition) is 3. The minimum atomic E-state index is -0.0907. The van der Waals surface area contributed by atoms with Crippen LogP contribution in [0.1, 0.15) is 33.1 Å². The second-order valence-electron chi connectivity index (χ2n) is 4.28. The van der Waals surface area contributed by atoms with Crippen LogP contribution in [0.25, 0.3) is 0 Å². The summed E-state index contributed by atoms with van der Waals surface area (Å²) in [5.41, 5.74) is 0. The zero-order chi connectivity index (χ0) is 11.7. The maximum atomic E-state index is 11.4. The Morgan fingerprint density at radius 2 is 2.07 bits per heavy atom. The van der Waals surface area contributed by atoms with Crippen molar-refractivity contribution in [3.8, 4) is 0 Å². The van der Waals surface area contributed by atoms with E-state index in [1.54, 1.807) is 0 Å². The molecule has 1 unspecified atom stereocenters. The lowest BCUT2D eigenvalue weighted by molar-refractivity contribution is -0.122. The Kier molecular flexibility index (Phi) is 8.33. The van der Waals surface area contributed by atoms with Gasteiger partial charge in [-0.3, -0.25) is 4.79 Å². The number of hydrogen-bond donors (Lipinski definition) is 3. The Morgan fingerprint density at radius 3 is 2.53 bits per heavy atom. The molecule has 15 heavy (non-hydrogen) atoms. The number of rotatable bonds is 8.